The fourth-order valence-electron chi connectivity index (χ4n) is 1.45. The van der Waals surface area contributed by atoms with Crippen molar-refractivity contribution < 1.29 is 14.0 Å². The van der Waals surface area contributed by atoms with Gasteiger partial charge in [0.15, 0.2) is 11.6 Å². The Bertz CT molecular complexity index is 727. The van der Waals surface area contributed by atoms with E-state index in [-0.39, 0.29) is 5.56 Å². The molecule has 0 aliphatic rings. The molecular formula is C12H9FN4O3. The van der Waals surface area contributed by atoms with Crippen LogP contribution in [0.3, 0.4) is 0 Å². The van der Waals surface area contributed by atoms with Gasteiger partial charge < -0.3 is 11.1 Å². The second kappa shape index (κ2) is 5.31. The number of nitrogens with two attached hydrogens (primary N) is 1. The first-order valence-electron chi connectivity index (χ1n) is 5.44. The van der Waals surface area contributed by atoms with Crippen LogP contribution in [0.1, 0.15) is 10.4 Å². The molecule has 0 atom stereocenters. The first-order chi connectivity index (χ1) is 9.49. The Labute approximate surface area is 111 Å². The molecule has 2 amide bonds. The van der Waals surface area contributed by atoms with Gasteiger partial charge in [0.25, 0.3) is 5.91 Å². The van der Waals surface area contributed by atoms with Crippen LogP contribution in [-0.2, 0) is 0 Å². The normalized spacial score (nSPS) is 10.1. The highest BCUT2D eigenvalue weighted by Crippen LogP contribution is 2.09. The predicted octanol–water partition coefficient (Wildman–Crippen LogP) is 0.561. The number of nitrogens with zero attached hydrogens (tertiary/aromatic N) is 2. The maximum absolute atomic E-state index is 13.6. The molecule has 0 aliphatic carbocycles. The van der Waals surface area contributed by atoms with Crippen molar-refractivity contribution in [2.45, 2.75) is 0 Å². The first-order valence-corrected chi connectivity index (χ1v) is 5.44. The van der Waals surface area contributed by atoms with E-state index in [2.05, 4.69) is 10.3 Å². The number of anilines is 1. The third-order valence-electron chi connectivity index (χ3n) is 2.39. The van der Waals surface area contributed by atoms with E-state index < -0.39 is 29.3 Å². The Kier molecular flexibility index (Phi) is 3.56. The second-order valence-electron chi connectivity index (χ2n) is 3.75. The van der Waals surface area contributed by atoms with Gasteiger partial charge in [-0.1, -0.05) is 18.2 Å². The maximum Gasteiger partial charge on any atom is 0.357 e. The molecule has 0 aliphatic heterocycles. The lowest BCUT2D eigenvalue weighted by Gasteiger charge is -2.06. The summed E-state index contributed by atoms with van der Waals surface area (Å²) < 4.78 is 13.9. The van der Waals surface area contributed by atoms with Crippen molar-refractivity contribution in [1.82, 2.24) is 9.55 Å². The Hall–Kier alpha value is -3.03. The minimum atomic E-state index is -1.16. The van der Waals surface area contributed by atoms with E-state index in [1.807, 2.05) is 0 Å². The van der Waals surface area contributed by atoms with E-state index in [1.165, 1.54) is 12.1 Å². The highest BCUT2D eigenvalue weighted by molar-refractivity contribution is 6.03. The van der Waals surface area contributed by atoms with E-state index >= 15 is 0 Å². The van der Waals surface area contributed by atoms with Crippen LogP contribution in [0, 0.1) is 5.82 Å². The van der Waals surface area contributed by atoms with E-state index in [4.69, 9.17) is 5.73 Å². The summed E-state index contributed by atoms with van der Waals surface area (Å²) in [7, 11) is 0. The van der Waals surface area contributed by atoms with Gasteiger partial charge in [-0.3, -0.25) is 4.79 Å². The van der Waals surface area contributed by atoms with Crippen LogP contribution < -0.4 is 16.7 Å². The highest BCUT2D eigenvalue weighted by atomic mass is 19.1. The number of rotatable bonds is 2. The molecule has 3 N–H and O–H groups in total. The summed E-state index contributed by atoms with van der Waals surface area (Å²) in [6, 6.07) is 6.83. The molecule has 8 heteroatoms. The summed E-state index contributed by atoms with van der Waals surface area (Å²) >= 11 is 0. The van der Waals surface area contributed by atoms with Crippen LogP contribution in [-0.4, -0.2) is 21.5 Å². The Morgan fingerprint density at radius 3 is 2.50 bits per heavy atom. The number of primary amides is 1. The Morgan fingerprint density at radius 1 is 1.25 bits per heavy atom. The molecule has 2 rings (SSSR count). The first kappa shape index (κ1) is 13.4. The summed E-state index contributed by atoms with van der Waals surface area (Å²) in [5, 5.41) is 2.14. The fourth-order valence-corrected chi connectivity index (χ4v) is 1.45. The van der Waals surface area contributed by atoms with Crippen LogP contribution in [0.5, 0.6) is 0 Å². The molecule has 7 nitrogen and oxygen atoms in total. The number of halogens is 1. The topological polar surface area (TPSA) is 107 Å². The number of hydrogen-bond acceptors (Lipinski definition) is 4. The third-order valence-corrected chi connectivity index (χ3v) is 2.39. The molecule has 0 spiro atoms. The number of hydrogen-bond donors (Lipinski definition) is 2. The van der Waals surface area contributed by atoms with E-state index in [0.29, 0.717) is 10.8 Å². The second-order valence-corrected chi connectivity index (χ2v) is 3.75. The van der Waals surface area contributed by atoms with Gasteiger partial charge in [-0.15, -0.1) is 0 Å². The van der Waals surface area contributed by atoms with Crippen molar-refractivity contribution in [3.63, 3.8) is 0 Å². The van der Waals surface area contributed by atoms with Crippen LogP contribution in [0.2, 0.25) is 0 Å². The number of amides is 2. The number of carbonyl (C=O) groups excluding carboxylic acids is 2. The van der Waals surface area contributed by atoms with Gasteiger partial charge >= 0.3 is 11.7 Å². The minimum absolute atomic E-state index is 0.271. The number of carbonyl (C=O) groups is 2. The average molecular weight is 276 g/mol. The summed E-state index contributed by atoms with van der Waals surface area (Å²) in [6.07, 6.45) is 0.568. The maximum atomic E-state index is 13.6. The zero-order valence-corrected chi connectivity index (χ0v) is 10.0. The molecule has 1 aromatic heterocycles. The molecule has 0 radical (unpaired) electrons. The summed E-state index contributed by atoms with van der Waals surface area (Å²) in [4.78, 5) is 37.2. The quantitative estimate of drug-likeness (QED) is 0.835. The molecule has 1 aromatic carbocycles. The molecule has 20 heavy (non-hydrogen) atoms. The molecule has 0 saturated carbocycles. The lowest BCUT2D eigenvalue weighted by atomic mass is 10.2. The number of nitrogens with one attached hydrogen (secondary N) is 1. The summed E-state index contributed by atoms with van der Waals surface area (Å²) in [5.74, 6) is -2.25. The zero-order chi connectivity index (χ0) is 14.7. The molecule has 2 aromatic rings. The smallest absolute Gasteiger partial charge is 0.351 e. The van der Waals surface area contributed by atoms with Crippen molar-refractivity contribution in [1.29, 1.82) is 0 Å². The molecular weight excluding hydrogens is 267 g/mol. The van der Waals surface area contributed by atoms with Crippen LogP contribution in [0.25, 0.3) is 0 Å². The van der Waals surface area contributed by atoms with Crippen LogP contribution >= 0.6 is 0 Å². The van der Waals surface area contributed by atoms with E-state index in [0.717, 1.165) is 0 Å². The van der Waals surface area contributed by atoms with Crippen molar-refractivity contribution >= 4 is 17.8 Å². The molecule has 102 valence electrons. The lowest BCUT2D eigenvalue weighted by molar-refractivity contribution is 0.102. The van der Waals surface area contributed by atoms with Gasteiger partial charge in [0.1, 0.15) is 0 Å². The minimum Gasteiger partial charge on any atom is -0.351 e. The van der Waals surface area contributed by atoms with Gasteiger partial charge in [0.2, 0.25) is 0 Å². The largest absolute Gasteiger partial charge is 0.357 e. The summed E-state index contributed by atoms with van der Waals surface area (Å²) in [5.41, 5.74) is 4.05. The SMILES string of the molecule is NC(=O)n1cc(F)c(NC(=O)c2ccccc2)nc1=O. The Morgan fingerprint density at radius 2 is 1.90 bits per heavy atom. The van der Waals surface area contributed by atoms with E-state index in [9.17, 15) is 18.8 Å². The van der Waals surface area contributed by atoms with Gasteiger partial charge in [-0.05, 0) is 12.1 Å². The molecule has 1 heterocycles. The predicted molar refractivity (Wildman–Crippen MR) is 67.8 cm³/mol. The van der Waals surface area contributed by atoms with Gasteiger partial charge in [-0.2, -0.15) is 4.98 Å². The lowest BCUT2D eigenvalue weighted by Crippen LogP contribution is -2.34. The molecule has 0 fully saturated rings. The van der Waals surface area contributed by atoms with Gasteiger partial charge in [0.05, 0.1) is 6.20 Å². The number of aromatic nitrogens is 2. The van der Waals surface area contributed by atoms with Crippen molar-refractivity contribution in [3.05, 3.63) is 58.4 Å². The van der Waals surface area contributed by atoms with E-state index in [1.54, 1.807) is 18.2 Å². The van der Waals surface area contributed by atoms with Crippen molar-refractivity contribution in [3.8, 4) is 0 Å². The highest BCUT2D eigenvalue weighted by Gasteiger charge is 2.14. The van der Waals surface area contributed by atoms with Gasteiger partial charge in [-0.25, -0.2) is 18.5 Å². The number of benzene rings is 1. The van der Waals surface area contributed by atoms with Crippen LogP contribution in [0.15, 0.2) is 41.3 Å². The zero-order valence-electron chi connectivity index (χ0n) is 10.0. The van der Waals surface area contributed by atoms with Gasteiger partial charge in [0, 0.05) is 5.56 Å². The molecule has 0 unspecified atom stereocenters. The molecule has 0 bridgehead atoms. The summed E-state index contributed by atoms with van der Waals surface area (Å²) in [6.45, 7) is 0. The van der Waals surface area contributed by atoms with Crippen LogP contribution in [0.4, 0.5) is 15.0 Å². The van der Waals surface area contributed by atoms with Crippen molar-refractivity contribution in [2.75, 3.05) is 5.32 Å². The molecule has 0 saturated heterocycles. The third kappa shape index (κ3) is 2.69. The Balaban J connectivity index is 2.31. The van der Waals surface area contributed by atoms with Crippen molar-refractivity contribution in [2.24, 2.45) is 5.73 Å². The average Bonchev–Trinajstić information content (AvgIpc) is 2.43. The monoisotopic (exact) mass is 276 g/mol. The fraction of sp³-hybridized carbons (Fsp3) is 0. The standard InChI is InChI=1S/C12H9FN4O3/c13-8-6-17(11(14)19)12(20)16-9(8)15-10(18)7-4-2-1-3-5-7/h1-6H,(H2,14,19)(H,15,16,18,20).